The minimum absolute atomic E-state index is 0.221. The number of nitrogens with zero attached hydrogens (tertiary/aromatic N) is 2. The second-order valence-corrected chi connectivity index (χ2v) is 5.98. The number of ether oxygens (including phenoxy) is 1. The molecular formula is C21H21N3O2. The molecule has 0 radical (unpaired) electrons. The fourth-order valence-electron chi connectivity index (χ4n) is 2.57. The zero-order valence-electron chi connectivity index (χ0n) is 14.8. The van der Waals surface area contributed by atoms with Crippen molar-refractivity contribution < 1.29 is 9.53 Å². The predicted molar refractivity (Wildman–Crippen MR) is 103 cm³/mol. The van der Waals surface area contributed by atoms with Crippen molar-refractivity contribution in [1.82, 2.24) is 9.78 Å². The lowest BCUT2D eigenvalue weighted by molar-refractivity contribution is -0.111. The number of amides is 1. The molecule has 3 aromatic rings. The molecule has 0 aliphatic heterocycles. The Balaban J connectivity index is 1.57. The Morgan fingerprint density at radius 3 is 2.73 bits per heavy atom. The van der Waals surface area contributed by atoms with Gasteiger partial charge in [0.1, 0.15) is 5.75 Å². The standard InChI is InChI=1S/C21H21N3O2/c1-16-4-3-5-18(14-16)15-24-13-12-20(23-24)22-21(25)11-8-17-6-9-19(26-2)10-7-17/h3-14H,15H2,1-2H3,(H,22,23,25)/b11-8+. The first-order chi connectivity index (χ1) is 12.6. The molecule has 132 valence electrons. The molecule has 0 aliphatic carbocycles. The Kier molecular flexibility index (Phi) is 5.49. The van der Waals surface area contributed by atoms with Gasteiger partial charge in [-0.1, -0.05) is 42.0 Å². The number of carbonyl (C=O) groups excluding carboxylic acids is 1. The highest BCUT2D eigenvalue weighted by molar-refractivity contribution is 6.01. The van der Waals surface area contributed by atoms with Gasteiger partial charge in [-0.05, 0) is 36.3 Å². The van der Waals surface area contributed by atoms with Crippen molar-refractivity contribution >= 4 is 17.8 Å². The lowest BCUT2D eigenvalue weighted by Crippen LogP contribution is -2.09. The summed E-state index contributed by atoms with van der Waals surface area (Å²) in [6.07, 6.45) is 5.09. The molecule has 1 amide bonds. The predicted octanol–water partition coefficient (Wildman–Crippen LogP) is 3.90. The number of aromatic nitrogens is 2. The number of anilines is 1. The van der Waals surface area contributed by atoms with Crippen LogP contribution in [-0.2, 0) is 11.3 Å². The van der Waals surface area contributed by atoms with Crippen molar-refractivity contribution in [2.45, 2.75) is 13.5 Å². The molecule has 5 heteroatoms. The fourth-order valence-corrected chi connectivity index (χ4v) is 2.57. The van der Waals surface area contributed by atoms with Crippen LogP contribution in [0.15, 0.2) is 66.9 Å². The van der Waals surface area contributed by atoms with Gasteiger partial charge in [0.05, 0.1) is 13.7 Å². The second-order valence-electron chi connectivity index (χ2n) is 5.98. The van der Waals surface area contributed by atoms with E-state index in [1.165, 1.54) is 17.2 Å². The highest BCUT2D eigenvalue weighted by Crippen LogP contribution is 2.13. The van der Waals surface area contributed by atoms with Crippen LogP contribution >= 0.6 is 0 Å². The van der Waals surface area contributed by atoms with Crippen molar-refractivity contribution in [3.8, 4) is 5.75 Å². The van der Waals surface area contributed by atoms with Gasteiger partial charge >= 0.3 is 0 Å². The summed E-state index contributed by atoms with van der Waals surface area (Å²) in [7, 11) is 1.62. The van der Waals surface area contributed by atoms with Crippen LogP contribution in [0.1, 0.15) is 16.7 Å². The number of hydrogen-bond donors (Lipinski definition) is 1. The van der Waals surface area contributed by atoms with Gasteiger partial charge in [0.25, 0.3) is 0 Å². The summed E-state index contributed by atoms with van der Waals surface area (Å²) in [5, 5.41) is 7.16. The first-order valence-corrected chi connectivity index (χ1v) is 8.34. The van der Waals surface area contributed by atoms with E-state index >= 15 is 0 Å². The maximum atomic E-state index is 12.0. The van der Waals surface area contributed by atoms with Crippen LogP contribution in [0.5, 0.6) is 5.75 Å². The summed E-state index contributed by atoms with van der Waals surface area (Å²) in [6, 6.07) is 17.5. The van der Waals surface area contributed by atoms with E-state index in [0.717, 1.165) is 11.3 Å². The van der Waals surface area contributed by atoms with Gasteiger partial charge in [0.15, 0.2) is 5.82 Å². The number of carbonyl (C=O) groups is 1. The third-order valence-corrected chi connectivity index (χ3v) is 3.86. The Morgan fingerprint density at radius 1 is 1.19 bits per heavy atom. The number of aryl methyl sites for hydroxylation is 1. The Morgan fingerprint density at radius 2 is 2.00 bits per heavy atom. The van der Waals surface area contributed by atoms with Crippen molar-refractivity contribution in [2.24, 2.45) is 0 Å². The smallest absolute Gasteiger partial charge is 0.249 e. The van der Waals surface area contributed by atoms with E-state index in [0.29, 0.717) is 12.4 Å². The molecule has 1 heterocycles. The van der Waals surface area contributed by atoms with Crippen LogP contribution in [-0.4, -0.2) is 22.8 Å². The van der Waals surface area contributed by atoms with E-state index in [9.17, 15) is 4.79 Å². The molecule has 1 aromatic heterocycles. The number of benzene rings is 2. The quantitative estimate of drug-likeness (QED) is 0.688. The van der Waals surface area contributed by atoms with E-state index in [1.807, 2.05) is 36.5 Å². The molecule has 5 nitrogen and oxygen atoms in total. The number of nitrogens with one attached hydrogen (secondary N) is 1. The Hall–Kier alpha value is -3.34. The minimum atomic E-state index is -0.221. The van der Waals surface area contributed by atoms with Gasteiger partial charge in [0, 0.05) is 18.3 Å². The molecule has 0 aliphatic rings. The van der Waals surface area contributed by atoms with Gasteiger partial charge in [-0.25, -0.2) is 0 Å². The van der Waals surface area contributed by atoms with Crippen LogP contribution in [0.3, 0.4) is 0 Å². The van der Waals surface area contributed by atoms with Crippen molar-refractivity contribution in [3.05, 3.63) is 83.6 Å². The van der Waals surface area contributed by atoms with E-state index < -0.39 is 0 Å². The van der Waals surface area contributed by atoms with E-state index in [2.05, 4.69) is 35.5 Å². The van der Waals surface area contributed by atoms with Crippen LogP contribution < -0.4 is 10.1 Å². The molecule has 0 unspecified atom stereocenters. The normalized spacial score (nSPS) is 10.8. The molecule has 0 fully saturated rings. The van der Waals surface area contributed by atoms with Crippen molar-refractivity contribution in [2.75, 3.05) is 12.4 Å². The third-order valence-electron chi connectivity index (χ3n) is 3.86. The lowest BCUT2D eigenvalue weighted by Gasteiger charge is -2.03. The molecule has 0 bridgehead atoms. The number of rotatable bonds is 6. The summed E-state index contributed by atoms with van der Waals surface area (Å²) in [5.41, 5.74) is 3.31. The first-order valence-electron chi connectivity index (χ1n) is 8.34. The molecule has 2 aromatic carbocycles. The van der Waals surface area contributed by atoms with Gasteiger partial charge in [-0.2, -0.15) is 5.10 Å². The van der Waals surface area contributed by atoms with Crippen LogP contribution in [0.25, 0.3) is 6.08 Å². The largest absolute Gasteiger partial charge is 0.497 e. The summed E-state index contributed by atoms with van der Waals surface area (Å²) in [5.74, 6) is 1.09. The van der Waals surface area contributed by atoms with Crippen LogP contribution in [0.2, 0.25) is 0 Å². The molecule has 26 heavy (non-hydrogen) atoms. The topological polar surface area (TPSA) is 56.1 Å². The summed E-state index contributed by atoms with van der Waals surface area (Å²) in [6.45, 7) is 2.73. The highest BCUT2D eigenvalue weighted by atomic mass is 16.5. The Bertz CT molecular complexity index is 911. The molecule has 0 saturated heterocycles. The molecule has 1 N–H and O–H groups in total. The fraction of sp³-hybridized carbons (Fsp3) is 0.143. The average Bonchev–Trinajstić information content (AvgIpc) is 3.07. The summed E-state index contributed by atoms with van der Waals surface area (Å²) in [4.78, 5) is 12.0. The summed E-state index contributed by atoms with van der Waals surface area (Å²) >= 11 is 0. The van der Waals surface area contributed by atoms with Gasteiger partial charge in [-0.15, -0.1) is 0 Å². The maximum absolute atomic E-state index is 12.0. The monoisotopic (exact) mass is 347 g/mol. The van der Waals surface area contributed by atoms with E-state index in [1.54, 1.807) is 23.9 Å². The van der Waals surface area contributed by atoms with E-state index in [-0.39, 0.29) is 5.91 Å². The molecule has 0 atom stereocenters. The van der Waals surface area contributed by atoms with E-state index in [4.69, 9.17) is 4.74 Å². The molecular weight excluding hydrogens is 326 g/mol. The number of hydrogen-bond acceptors (Lipinski definition) is 3. The zero-order chi connectivity index (χ0) is 18.4. The molecule has 3 rings (SSSR count). The first kappa shape index (κ1) is 17.5. The van der Waals surface area contributed by atoms with Crippen LogP contribution in [0.4, 0.5) is 5.82 Å². The molecule has 0 spiro atoms. The average molecular weight is 347 g/mol. The summed E-state index contributed by atoms with van der Waals surface area (Å²) < 4.78 is 6.91. The van der Waals surface area contributed by atoms with Crippen LogP contribution in [0, 0.1) is 6.92 Å². The third kappa shape index (κ3) is 4.83. The maximum Gasteiger partial charge on any atom is 0.249 e. The zero-order valence-corrected chi connectivity index (χ0v) is 14.8. The second kappa shape index (κ2) is 8.16. The highest BCUT2D eigenvalue weighted by Gasteiger charge is 2.03. The van der Waals surface area contributed by atoms with Gasteiger partial charge < -0.3 is 10.1 Å². The van der Waals surface area contributed by atoms with Gasteiger partial charge in [-0.3, -0.25) is 9.48 Å². The number of methoxy groups -OCH3 is 1. The van der Waals surface area contributed by atoms with Gasteiger partial charge in [0.2, 0.25) is 5.91 Å². The molecule has 0 saturated carbocycles. The minimum Gasteiger partial charge on any atom is -0.497 e. The van der Waals surface area contributed by atoms with Crippen molar-refractivity contribution in [1.29, 1.82) is 0 Å². The Labute approximate surface area is 152 Å². The SMILES string of the molecule is COc1ccc(/C=C/C(=O)Nc2ccn(Cc3cccc(C)c3)n2)cc1. The van der Waals surface area contributed by atoms with Crippen molar-refractivity contribution in [3.63, 3.8) is 0 Å². The lowest BCUT2D eigenvalue weighted by atomic mass is 10.1.